The predicted octanol–water partition coefficient (Wildman–Crippen LogP) is 5.17. The molecular weight excluding hydrogens is 448 g/mol. The van der Waals surface area contributed by atoms with Crippen molar-refractivity contribution < 1.29 is 9.53 Å². The van der Waals surface area contributed by atoms with Gasteiger partial charge in [0.15, 0.2) is 6.61 Å². The summed E-state index contributed by atoms with van der Waals surface area (Å²) < 4.78 is 7.65. The second-order valence-electron chi connectivity index (χ2n) is 5.90. The molecule has 1 amide bonds. The van der Waals surface area contributed by atoms with Crippen molar-refractivity contribution in [2.24, 2.45) is 5.10 Å². The lowest BCUT2D eigenvalue weighted by Crippen LogP contribution is -2.25. The number of ether oxygens (including phenoxy) is 1. The van der Waals surface area contributed by atoms with Crippen molar-refractivity contribution in [1.82, 2.24) is 5.43 Å². The number of carbonyl (C=O) groups excluding carboxylic acids is 1. The van der Waals surface area contributed by atoms with E-state index < -0.39 is 0 Å². The number of nitrogens with one attached hydrogen (secondary N) is 1. The van der Waals surface area contributed by atoms with E-state index >= 15 is 0 Å². The maximum Gasteiger partial charge on any atom is 0.277 e. The van der Waals surface area contributed by atoms with Crippen LogP contribution in [0.25, 0.3) is 0 Å². The highest BCUT2D eigenvalue weighted by Crippen LogP contribution is 2.32. The molecule has 0 spiro atoms. The third kappa shape index (κ3) is 5.68. The van der Waals surface area contributed by atoms with Gasteiger partial charge in [0.1, 0.15) is 5.75 Å². The van der Waals surface area contributed by atoms with Crippen LogP contribution in [0.3, 0.4) is 0 Å². The summed E-state index contributed by atoms with van der Waals surface area (Å²) in [5.74, 6) is 0.711. The fourth-order valence-electron chi connectivity index (χ4n) is 2.18. The van der Waals surface area contributed by atoms with Crippen molar-refractivity contribution in [3.8, 4) is 5.75 Å². The van der Waals surface area contributed by atoms with Crippen LogP contribution in [0, 0.1) is 6.92 Å². The minimum Gasteiger partial charge on any atom is -0.483 e. The first kappa shape index (κ1) is 19.7. The summed E-state index contributed by atoms with van der Waals surface area (Å²) in [7, 11) is 0. The van der Waals surface area contributed by atoms with Gasteiger partial charge in [-0.15, -0.1) is 0 Å². The molecule has 0 bridgehead atoms. The molecule has 2 aromatic rings. The van der Waals surface area contributed by atoms with E-state index in [1.807, 2.05) is 43.3 Å². The fourth-order valence-corrected chi connectivity index (χ4v) is 2.92. The van der Waals surface area contributed by atoms with Crippen LogP contribution in [-0.2, 0) is 4.79 Å². The molecule has 0 aliphatic heterocycles. The maximum absolute atomic E-state index is 12.0. The van der Waals surface area contributed by atoms with E-state index in [2.05, 4.69) is 56.2 Å². The SMILES string of the molecule is Cc1cc(OCC(=O)N/N=C\c2ccccc2Br)c(C(C)C)cc1Br. The highest BCUT2D eigenvalue weighted by molar-refractivity contribution is 9.10. The number of hydrogen-bond acceptors (Lipinski definition) is 3. The Kier molecular flexibility index (Phi) is 7.20. The number of rotatable bonds is 6. The first-order chi connectivity index (χ1) is 11.9. The molecule has 2 aromatic carbocycles. The fraction of sp³-hybridized carbons (Fsp3) is 0.263. The molecule has 0 fully saturated rings. The standard InChI is InChI=1S/C19H20Br2N2O2/c1-12(2)15-9-17(21)13(3)8-18(15)25-11-19(24)23-22-10-14-6-4-5-7-16(14)20/h4-10,12H,11H2,1-3H3,(H,23,24)/b22-10-. The highest BCUT2D eigenvalue weighted by atomic mass is 79.9. The van der Waals surface area contributed by atoms with E-state index in [9.17, 15) is 4.79 Å². The maximum atomic E-state index is 12.0. The van der Waals surface area contributed by atoms with Gasteiger partial charge in [0, 0.05) is 14.5 Å². The summed E-state index contributed by atoms with van der Waals surface area (Å²) in [5, 5.41) is 3.96. The van der Waals surface area contributed by atoms with E-state index in [4.69, 9.17) is 4.74 Å². The number of carbonyl (C=O) groups is 1. The van der Waals surface area contributed by atoms with Crippen LogP contribution in [0.4, 0.5) is 0 Å². The largest absolute Gasteiger partial charge is 0.483 e. The molecule has 0 aromatic heterocycles. The average Bonchev–Trinajstić information content (AvgIpc) is 2.57. The summed E-state index contributed by atoms with van der Waals surface area (Å²) in [6.07, 6.45) is 1.59. The molecule has 0 atom stereocenters. The summed E-state index contributed by atoms with van der Waals surface area (Å²) in [4.78, 5) is 12.0. The molecule has 25 heavy (non-hydrogen) atoms. The lowest BCUT2D eigenvalue weighted by molar-refractivity contribution is -0.123. The van der Waals surface area contributed by atoms with Crippen molar-refractivity contribution in [2.75, 3.05) is 6.61 Å². The molecule has 0 aliphatic rings. The van der Waals surface area contributed by atoms with Crippen molar-refractivity contribution >= 4 is 44.0 Å². The van der Waals surface area contributed by atoms with Crippen LogP contribution in [0.1, 0.15) is 36.5 Å². The Morgan fingerprint density at radius 1 is 1.24 bits per heavy atom. The van der Waals surface area contributed by atoms with E-state index in [1.165, 1.54) is 0 Å². The second-order valence-corrected chi connectivity index (χ2v) is 7.61. The van der Waals surface area contributed by atoms with Crippen LogP contribution in [-0.4, -0.2) is 18.7 Å². The number of aryl methyl sites for hydroxylation is 1. The lowest BCUT2D eigenvalue weighted by atomic mass is 10.0. The van der Waals surface area contributed by atoms with E-state index in [0.29, 0.717) is 5.92 Å². The van der Waals surface area contributed by atoms with Gasteiger partial charge in [0.05, 0.1) is 6.21 Å². The van der Waals surface area contributed by atoms with Gasteiger partial charge >= 0.3 is 0 Å². The Balaban J connectivity index is 1.96. The van der Waals surface area contributed by atoms with Gasteiger partial charge in [-0.05, 0) is 42.2 Å². The van der Waals surface area contributed by atoms with Gasteiger partial charge in [-0.2, -0.15) is 5.10 Å². The van der Waals surface area contributed by atoms with Gasteiger partial charge in [0.25, 0.3) is 5.91 Å². The Hall–Kier alpha value is -1.66. The van der Waals surface area contributed by atoms with E-state index in [0.717, 1.165) is 31.4 Å². The Labute approximate surface area is 164 Å². The molecule has 132 valence electrons. The summed E-state index contributed by atoms with van der Waals surface area (Å²) in [6, 6.07) is 11.6. The highest BCUT2D eigenvalue weighted by Gasteiger charge is 2.12. The number of hydrogen-bond donors (Lipinski definition) is 1. The van der Waals surface area contributed by atoms with E-state index in [-0.39, 0.29) is 12.5 Å². The molecule has 4 nitrogen and oxygen atoms in total. The van der Waals surface area contributed by atoms with Crippen LogP contribution >= 0.6 is 31.9 Å². The van der Waals surface area contributed by atoms with Crippen LogP contribution < -0.4 is 10.2 Å². The van der Waals surface area contributed by atoms with Gasteiger partial charge in [-0.3, -0.25) is 4.79 Å². The van der Waals surface area contributed by atoms with Gasteiger partial charge in [0.2, 0.25) is 0 Å². The van der Waals surface area contributed by atoms with E-state index in [1.54, 1.807) is 6.21 Å². The first-order valence-corrected chi connectivity index (χ1v) is 9.46. The third-order valence-electron chi connectivity index (χ3n) is 3.57. The van der Waals surface area contributed by atoms with Crippen LogP contribution in [0.5, 0.6) is 5.75 Å². The van der Waals surface area contributed by atoms with Crippen molar-refractivity contribution in [3.63, 3.8) is 0 Å². The normalized spacial score (nSPS) is 11.1. The van der Waals surface area contributed by atoms with Crippen LogP contribution in [0.2, 0.25) is 0 Å². The monoisotopic (exact) mass is 466 g/mol. The Morgan fingerprint density at radius 2 is 1.96 bits per heavy atom. The number of amides is 1. The Bertz CT molecular complexity index is 789. The van der Waals surface area contributed by atoms with Gasteiger partial charge in [-0.1, -0.05) is 63.9 Å². The molecule has 0 unspecified atom stereocenters. The first-order valence-electron chi connectivity index (χ1n) is 7.87. The third-order valence-corrected chi connectivity index (χ3v) is 5.15. The van der Waals surface area contributed by atoms with Gasteiger partial charge in [-0.25, -0.2) is 5.43 Å². The van der Waals surface area contributed by atoms with Crippen molar-refractivity contribution in [2.45, 2.75) is 26.7 Å². The second kappa shape index (κ2) is 9.15. The molecule has 0 saturated heterocycles. The quantitative estimate of drug-likeness (QED) is 0.470. The zero-order valence-corrected chi connectivity index (χ0v) is 17.5. The minimum absolute atomic E-state index is 0.0892. The molecule has 6 heteroatoms. The van der Waals surface area contributed by atoms with Crippen molar-refractivity contribution in [3.05, 3.63) is 62.0 Å². The number of nitrogens with zero attached hydrogens (tertiary/aromatic N) is 1. The molecule has 2 rings (SSSR count). The zero-order chi connectivity index (χ0) is 18.4. The molecule has 0 aliphatic carbocycles. The number of hydrazone groups is 1. The number of halogens is 2. The summed E-state index contributed by atoms with van der Waals surface area (Å²) in [6.45, 7) is 6.08. The van der Waals surface area contributed by atoms with Gasteiger partial charge < -0.3 is 4.74 Å². The molecule has 0 saturated carbocycles. The van der Waals surface area contributed by atoms with Crippen LogP contribution in [0.15, 0.2) is 50.4 Å². The zero-order valence-electron chi connectivity index (χ0n) is 14.3. The minimum atomic E-state index is -0.307. The molecule has 1 N–H and O–H groups in total. The molecule has 0 radical (unpaired) electrons. The molecule has 0 heterocycles. The van der Waals surface area contributed by atoms with Crippen molar-refractivity contribution in [1.29, 1.82) is 0 Å². The topological polar surface area (TPSA) is 50.7 Å². The summed E-state index contributed by atoms with van der Waals surface area (Å²) >= 11 is 6.96. The smallest absolute Gasteiger partial charge is 0.277 e. The molecular formula is C19H20Br2N2O2. The summed E-state index contributed by atoms with van der Waals surface area (Å²) in [5.41, 5.74) is 5.48. The Morgan fingerprint density at radius 3 is 2.64 bits per heavy atom. The lowest BCUT2D eigenvalue weighted by Gasteiger charge is -2.15. The average molecular weight is 468 g/mol. The predicted molar refractivity (Wildman–Crippen MR) is 108 cm³/mol. The number of benzene rings is 2.